The van der Waals surface area contributed by atoms with Crippen molar-refractivity contribution in [2.45, 2.75) is 32.1 Å². The lowest BCUT2D eigenvalue weighted by Crippen LogP contribution is -2.03. The van der Waals surface area contributed by atoms with Crippen molar-refractivity contribution in [3.63, 3.8) is 0 Å². The molecule has 4 nitrogen and oxygen atoms in total. The molecule has 118 valence electrons. The molecule has 0 fully saturated rings. The van der Waals surface area contributed by atoms with E-state index in [0.29, 0.717) is 22.3 Å². The molecule has 1 heterocycles. The molecule has 0 bridgehead atoms. The molecule has 1 unspecified atom stereocenters. The van der Waals surface area contributed by atoms with Crippen molar-refractivity contribution in [1.29, 1.82) is 0 Å². The smallest absolute Gasteiger partial charge is 0.131 e. The first-order valence-electron chi connectivity index (χ1n) is 7.76. The number of nitrogens with zero attached hydrogens (tertiary/aromatic N) is 2. The normalized spacial score (nSPS) is 17.2. The SMILES string of the molecule is C=C(C)c1cc(O)c(C2C=CCCC2)c(O)c1-c1cncnc1. The van der Waals surface area contributed by atoms with Crippen LogP contribution in [0, 0.1) is 0 Å². The Bertz CT molecular complexity index is 767. The Morgan fingerprint density at radius 2 is 2.00 bits per heavy atom. The Labute approximate surface area is 135 Å². The molecule has 0 radical (unpaired) electrons. The minimum absolute atomic E-state index is 0.0197. The molecule has 2 aromatic rings. The van der Waals surface area contributed by atoms with Gasteiger partial charge in [-0.1, -0.05) is 24.3 Å². The second-order valence-electron chi connectivity index (χ2n) is 5.95. The van der Waals surface area contributed by atoms with E-state index in [1.165, 1.54) is 6.33 Å². The largest absolute Gasteiger partial charge is 0.507 e. The van der Waals surface area contributed by atoms with Crippen LogP contribution in [0.1, 0.15) is 43.2 Å². The van der Waals surface area contributed by atoms with Gasteiger partial charge in [-0.05, 0) is 37.8 Å². The van der Waals surface area contributed by atoms with Crippen LogP contribution in [0.3, 0.4) is 0 Å². The summed E-state index contributed by atoms with van der Waals surface area (Å²) in [5, 5.41) is 21.4. The number of benzene rings is 1. The summed E-state index contributed by atoms with van der Waals surface area (Å²) >= 11 is 0. The average molecular weight is 308 g/mol. The topological polar surface area (TPSA) is 66.2 Å². The van der Waals surface area contributed by atoms with Crippen LogP contribution in [0.2, 0.25) is 0 Å². The van der Waals surface area contributed by atoms with E-state index < -0.39 is 0 Å². The molecule has 0 aliphatic heterocycles. The third-order valence-electron chi connectivity index (χ3n) is 4.25. The minimum Gasteiger partial charge on any atom is -0.507 e. The maximum Gasteiger partial charge on any atom is 0.131 e. The molecule has 3 rings (SSSR count). The van der Waals surface area contributed by atoms with Gasteiger partial charge >= 0.3 is 0 Å². The number of hydrogen-bond donors (Lipinski definition) is 2. The highest BCUT2D eigenvalue weighted by Crippen LogP contribution is 2.47. The highest BCUT2D eigenvalue weighted by Gasteiger charge is 2.24. The lowest BCUT2D eigenvalue weighted by Gasteiger charge is -2.22. The number of allylic oxidation sites excluding steroid dienone is 3. The van der Waals surface area contributed by atoms with Crippen molar-refractivity contribution in [3.05, 3.63) is 54.6 Å². The van der Waals surface area contributed by atoms with Crippen LogP contribution in [0.25, 0.3) is 16.7 Å². The molecule has 0 saturated heterocycles. The zero-order valence-corrected chi connectivity index (χ0v) is 13.2. The summed E-state index contributed by atoms with van der Waals surface area (Å²) in [6.45, 7) is 5.81. The number of hydrogen-bond acceptors (Lipinski definition) is 4. The molecule has 4 heteroatoms. The van der Waals surface area contributed by atoms with Gasteiger partial charge in [0.05, 0.1) is 0 Å². The summed E-state index contributed by atoms with van der Waals surface area (Å²) in [6, 6.07) is 1.68. The number of aromatic hydroxyl groups is 2. The van der Waals surface area contributed by atoms with E-state index in [0.717, 1.165) is 24.8 Å². The summed E-state index contributed by atoms with van der Waals surface area (Å²) in [5.74, 6) is 0.221. The van der Waals surface area contributed by atoms with Gasteiger partial charge in [0.25, 0.3) is 0 Å². The number of aromatic nitrogens is 2. The van der Waals surface area contributed by atoms with Crippen LogP contribution in [0.5, 0.6) is 11.5 Å². The van der Waals surface area contributed by atoms with Crippen molar-refractivity contribution < 1.29 is 10.2 Å². The summed E-state index contributed by atoms with van der Waals surface area (Å²) in [7, 11) is 0. The van der Waals surface area contributed by atoms with E-state index in [9.17, 15) is 10.2 Å². The van der Waals surface area contributed by atoms with Gasteiger partial charge in [0.1, 0.15) is 17.8 Å². The highest BCUT2D eigenvalue weighted by atomic mass is 16.3. The van der Waals surface area contributed by atoms with Crippen LogP contribution < -0.4 is 0 Å². The molecule has 1 atom stereocenters. The zero-order chi connectivity index (χ0) is 16.4. The van der Waals surface area contributed by atoms with E-state index in [4.69, 9.17) is 0 Å². The van der Waals surface area contributed by atoms with Gasteiger partial charge in [-0.3, -0.25) is 0 Å². The predicted octanol–water partition coefficient (Wildman–Crippen LogP) is 4.41. The van der Waals surface area contributed by atoms with Crippen molar-refractivity contribution in [1.82, 2.24) is 9.97 Å². The van der Waals surface area contributed by atoms with E-state index in [1.807, 2.05) is 6.92 Å². The van der Waals surface area contributed by atoms with Crippen LogP contribution in [-0.2, 0) is 0 Å². The Balaban J connectivity index is 2.25. The Hall–Kier alpha value is -2.62. The van der Waals surface area contributed by atoms with Crippen molar-refractivity contribution >= 4 is 5.57 Å². The maximum atomic E-state index is 10.9. The zero-order valence-electron chi connectivity index (χ0n) is 13.2. The van der Waals surface area contributed by atoms with Crippen molar-refractivity contribution in [2.75, 3.05) is 0 Å². The fourth-order valence-corrected chi connectivity index (χ4v) is 3.15. The Morgan fingerprint density at radius 3 is 2.61 bits per heavy atom. The van der Waals surface area contributed by atoms with Gasteiger partial charge in [-0.25, -0.2) is 9.97 Å². The molecule has 2 N–H and O–H groups in total. The second kappa shape index (κ2) is 6.24. The number of rotatable bonds is 3. The summed E-state index contributed by atoms with van der Waals surface area (Å²) in [6.07, 6.45) is 11.9. The van der Waals surface area contributed by atoms with E-state index in [1.54, 1.807) is 18.5 Å². The second-order valence-corrected chi connectivity index (χ2v) is 5.95. The van der Waals surface area contributed by atoms with Gasteiger partial charge in [-0.2, -0.15) is 0 Å². The molecular formula is C19H20N2O2. The monoisotopic (exact) mass is 308 g/mol. The number of phenolic OH excluding ortho intramolecular Hbond substituents is 2. The molecule has 0 spiro atoms. The quantitative estimate of drug-likeness (QED) is 0.824. The minimum atomic E-state index is 0.0197. The average Bonchev–Trinajstić information content (AvgIpc) is 2.56. The predicted molar refractivity (Wildman–Crippen MR) is 91.2 cm³/mol. The molecule has 1 aliphatic carbocycles. The first kappa shape index (κ1) is 15.3. The Morgan fingerprint density at radius 1 is 1.26 bits per heavy atom. The van der Waals surface area contributed by atoms with E-state index >= 15 is 0 Å². The molecule has 1 aliphatic rings. The first-order valence-corrected chi connectivity index (χ1v) is 7.76. The maximum absolute atomic E-state index is 10.9. The Kier molecular flexibility index (Phi) is 4.15. The van der Waals surface area contributed by atoms with Gasteiger partial charge in [-0.15, -0.1) is 0 Å². The van der Waals surface area contributed by atoms with Crippen LogP contribution in [0.15, 0.2) is 43.5 Å². The highest BCUT2D eigenvalue weighted by molar-refractivity contribution is 5.86. The van der Waals surface area contributed by atoms with Crippen LogP contribution in [0.4, 0.5) is 0 Å². The summed E-state index contributed by atoms with van der Waals surface area (Å²) in [5.41, 5.74) is 3.39. The van der Waals surface area contributed by atoms with Gasteiger partial charge in [0, 0.05) is 35.0 Å². The lowest BCUT2D eigenvalue weighted by atomic mass is 9.84. The molecular weight excluding hydrogens is 288 g/mol. The fourth-order valence-electron chi connectivity index (χ4n) is 3.15. The van der Waals surface area contributed by atoms with Gasteiger partial charge < -0.3 is 10.2 Å². The third-order valence-corrected chi connectivity index (χ3v) is 4.25. The summed E-state index contributed by atoms with van der Waals surface area (Å²) in [4.78, 5) is 8.08. The molecule has 1 aromatic carbocycles. The van der Waals surface area contributed by atoms with Crippen molar-refractivity contribution in [3.8, 4) is 22.6 Å². The standard InChI is InChI=1S/C19H20N2O2/c1-12(2)15-8-16(22)18(13-6-4-3-5-7-13)19(23)17(15)14-9-20-11-21-10-14/h4,6,8-11,13,22-23H,1,3,5,7H2,2H3. The molecule has 1 aromatic heterocycles. The van der Waals surface area contributed by atoms with Gasteiger partial charge in [0.15, 0.2) is 0 Å². The van der Waals surface area contributed by atoms with Crippen LogP contribution >= 0.6 is 0 Å². The third kappa shape index (κ3) is 2.84. The van der Waals surface area contributed by atoms with Crippen LogP contribution in [-0.4, -0.2) is 20.2 Å². The fraction of sp³-hybridized carbons (Fsp3) is 0.263. The van der Waals surface area contributed by atoms with E-state index in [2.05, 4.69) is 28.7 Å². The first-order chi connectivity index (χ1) is 11.1. The van der Waals surface area contributed by atoms with E-state index in [-0.39, 0.29) is 17.4 Å². The van der Waals surface area contributed by atoms with Gasteiger partial charge in [0.2, 0.25) is 0 Å². The molecule has 23 heavy (non-hydrogen) atoms. The van der Waals surface area contributed by atoms with Crippen molar-refractivity contribution in [2.24, 2.45) is 0 Å². The molecule has 0 saturated carbocycles. The molecule has 0 amide bonds. The summed E-state index contributed by atoms with van der Waals surface area (Å²) < 4.78 is 0. The number of phenols is 2. The lowest BCUT2D eigenvalue weighted by molar-refractivity contribution is 0.430.